The van der Waals surface area contributed by atoms with Crippen LogP contribution in [0.4, 0.5) is 5.82 Å². The number of nitrogens with zero attached hydrogens (tertiary/aromatic N) is 3. The summed E-state index contributed by atoms with van der Waals surface area (Å²) < 4.78 is 25.2. The highest BCUT2D eigenvalue weighted by Crippen LogP contribution is 2.42. The molecule has 3 atom stereocenters. The Labute approximate surface area is 271 Å². The van der Waals surface area contributed by atoms with E-state index in [2.05, 4.69) is 15.3 Å². The van der Waals surface area contributed by atoms with Crippen molar-refractivity contribution in [2.75, 3.05) is 26.1 Å². The van der Waals surface area contributed by atoms with Gasteiger partial charge in [0.2, 0.25) is 0 Å². The summed E-state index contributed by atoms with van der Waals surface area (Å²) >= 11 is 0. The van der Waals surface area contributed by atoms with Crippen LogP contribution in [0.25, 0.3) is 0 Å². The van der Waals surface area contributed by atoms with Crippen LogP contribution < -0.4 is 20.5 Å². The number of pyridine rings is 1. The van der Waals surface area contributed by atoms with E-state index >= 15 is 0 Å². The minimum Gasteiger partial charge on any atom is -0.497 e. The smallest absolute Gasteiger partial charge is 0.351 e. The number of ether oxygens (including phenoxy) is 4. The van der Waals surface area contributed by atoms with E-state index in [4.69, 9.17) is 18.9 Å². The quantitative estimate of drug-likeness (QED) is 0.201. The van der Waals surface area contributed by atoms with Crippen LogP contribution in [0, 0.1) is 0 Å². The number of rotatable bonds is 11. The van der Waals surface area contributed by atoms with Crippen molar-refractivity contribution in [3.05, 3.63) is 148 Å². The summed E-state index contributed by atoms with van der Waals surface area (Å²) in [5.74, 6) is 1.07. The van der Waals surface area contributed by atoms with Gasteiger partial charge in [-0.25, -0.2) is 4.79 Å². The van der Waals surface area contributed by atoms with Crippen molar-refractivity contribution in [3.63, 3.8) is 0 Å². The Hall–Kier alpha value is -5.36. The Morgan fingerprint density at radius 2 is 1.49 bits per heavy atom. The molecule has 6 rings (SSSR count). The number of aliphatic hydroxyl groups excluding tert-OH is 1. The second kappa shape index (κ2) is 14.0. The minimum atomic E-state index is -1.10. The highest BCUT2D eigenvalue weighted by atomic mass is 16.6. The van der Waals surface area contributed by atoms with Crippen molar-refractivity contribution >= 4 is 11.7 Å². The lowest BCUT2D eigenvalue weighted by Crippen LogP contribution is -2.38. The highest BCUT2D eigenvalue weighted by molar-refractivity contribution is 6.03. The molecular weight excluding hydrogens is 600 g/mol. The van der Waals surface area contributed by atoms with Crippen molar-refractivity contribution in [2.45, 2.75) is 30.5 Å². The highest BCUT2D eigenvalue weighted by Gasteiger charge is 2.42. The zero-order chi connectivity index (χ0) is 32.8. The maximum absolute atomic E-state index is 13.0. The molecule has 1 aliphatic heterocycles. The van der Waals surface area contributed by atoms with Gasteiger partial charge >= 0.3 is 5.69 Å². The van der Waals surface area contributed by atoms with Gasteiger partial charge in [0.15, 0.2) is 0 Å². The third-order valence-corrected chi connectivity index (χ3v) is 8.17. The van der Waals surface area contributed by atoms with E-state index in [1.807, 2.05) is 78.9 Å². The van der Waals surface area contributed by atoms with E-state index < -0.39 is 35.6 Å². The summed E-state index contributed by atoms with van der Waals surface area (Å²) in [5.41, 5.74) is 1.18. The van der Waals surface area contributed by atoms with Gasteiger partial charge in [-0.1, -0.05) is 54.6 Å². The van der Waals surface area contributed by atoms with Crippen LogP contribution in [0.3, 0.4) is 0 Å². The fraction of sp³-hybridized carbons (Fsp3) is 0.222. The third-order valence-electron chi connectivity index (χ3n) is 8.17. The third kappa shape index (κ3) is 6.63. The van der Waals surface area contributed by atoms with E-state index in [0.29, 0.717) is 17.1 Å². The molecule has 1 saturated heterocycles. The Balaban J connectivity index is 1.26. The summed E-state index contributed by atoms with van der Waals surface area (Å²) in [6.07, 6.45) is 2.14. The molecule has 0 radical (unpaired) electrons. The SMILES string of the molecule is COc1ccc(C(OC[C@H]2O[C@@H](n3ccc(NC(=O)c4ccncc4)nc3=O)C[C@@H]2O)(c2ccccc2)c2ccc(OC)cc2)cc1. The first kappa shape index (κ1) is 31.6. The van der Waals surface area contributed by atoms with Crippen LogP contribution in [0.15, 0.2) is 120 Å². The standard InChI is InChI=1S/C36H34N4O7/c1-44-28-12-8-26(9-13-28)36(25-6-4-3-5-7-25,27-10-14-29(45-2)15-11-27)46-23-31-30(41)22-33(47-31)40-21-18-32(39-35(40)43)38-34(42)24-16-19-37-20-17-24/h3-21,30-31,33,41H,22-23H2,1-2H3,(H,38,39,42,43)/t30-,31+,33+/m0/s1. The number of carbonyl (C=O) groups is 1. The summed E-state index contributed by atoms with van der Waals surface area (Å²) in [7, 11) is 3.23. The van der Waals surface area contributed by atoms with Crippen molar-refractivity contribution in [2.24, 2.45) is 0 Å². The predicted molar refractivity (Wildman–Crippen MR) is 173 cm³/mol. The molecule has 0 saturated carbocycles. The fourth-order valence-electron chi connectivity index (χ4n) is 5.71. The van der Waals surface area contributed by atoms with Gasteiger partial charge in [0.25, 0.3) is 5.91 Å². The van der Waals surface area contributed by atoms with Crippen LogP contribution in [0.2, 0.25) is 0 Å². The number of hydrogen-bond acceptors (Lipinski definition) is 9. The predicted octanol–water partition coefficient (Wildman–Crippen LogP) is 4.56. The van der Waals surface area contributed by atoms with E-state index in [1.54, 1.807) is 26.4 Å². The molecule has 0 unspecified atom stereocenters. The first-order valence-corrected chi connectivity index (χ1v) is 15.0. The maximum Gasteiger partial charge on any atom is 0.351 e. The maximum atomic E-state index is 13.0. The first-order valence-electron chi connectivity index (χ1n) is 15.0. The van der Waals surface area contributed by atoms with Crippen molar-refractivity contribution in [3.8, 4) is 11.5 Å². The summed E-state index contributed by atoms with van der Waals surface area (Å²) in [6.45, 7) is -0.00707. The summed E-state index contributed by atoms with van der Waals surface area (Å²) in [5, 5.41) is 13.7. The second-order valence-electron chi connectivity index (χ2n) is 10.9. The molecule has 0 spiro atoms. The molecule has 2 aromatic heterocycles. The van der Waals surface area contributed by atoms with Gasteiger partial charge in [-0.2, -0.15) is 4.98 Å². The Kier molecular flexibility index (Phi) is 9.39. The average Bonchev–Trinajstić information content (AvgIpc) is 3.49. The molecule has 1 aliphatic rings. The second-order valence-corrected chi connectivity index (χ2v) is 10.9. The Bertz CT molecular complexity index is 1800. The average molecular weight is 635 g/mol. The molecular formula is C36H34N4O7. The lowest BCUT2D eigenvalue weighted by molar-refractivity contribution is -0.0944. The lowest BCUT2D eigenvalue weighted by atomic mass is 9.80. The fourth-order valence-corrected chi connectivity index (χ4v) is 5.71. The molecule has 47 heavy (non-hydrogen) atoms. The largest absolute Gasteiger partial charge is 0.497 e. The minimum absolute atomic E-state index is 0.00707. The van der Waals surface area contributed by atoms with E-state index in [0.717, 1.165) is 16.7 Å². The molecule has 0 bridgehead atoms. The number of amides is 1. The van der Waals surface area contributed by atoms with E-state index in [-0.39, 0.29) is 18.8 Å². The van der Waals surface area contributed by atoms with Crippen LogP contribution >= 0.6 is 0 Å². The normalized spacial score (nSPS) is 17.6. The molecule has 240 valence electrons. The molecule has 11 nitrogen and oxygen atoms in total. The Morgan fingerprint density at radius 3 is 2.06 bits per heavy atom. The van der Waals surface area contributed by atoms with E-state index in [9.17, 15) is 14.7 Å². The summed E-state index contributed by atoms with van der Waals surface area (Å²) in [4.78, 5) is 33.4. The van der Waals surface area contributed by atoms with Crippen LogP contribution in [-0.4, -0.2) is 58.6 Å². The number of methoxy groups -OCH3 is 2. The number of benzene rings is 3. The molecule has 0 aliphatic carbocycles. The van der Waals surface area contributed by atoms with Gasteiger partial charge in [0.1, 0.15) is 35.2 Å². The zero-order valence-corrected chi connectivity index (χ0v) is 25.9. The first-order chi connectivity index (χ1) is 22.9. The number of aliphatic hydroxyl groups is 1. The number of hydrogen-bond donors (Lipinski definition) is 2. The van der Waals surface area contributed by atoms with Crippen LogP contribution in [0.5, 0.6) is 11.5 Å². The summed E-state index contributed by atoms with van der Waals surface area (Å²) in [6, 6.07) is 29.7. The molecule has 11 heteroatoms. The monoisotopic (exact) mass is 634 g/mol. The molecule has 5 aromatic rings. The molecule has 1 amide bonds. The van der Waals surface area contributed by atoms with Gasteiger partial charge in [-0.3, -0.25) is 14.3 Å². The van der Waals surface area contributed by atoms with Gasteiger partial charge in [-0.05, 0) is 59.2 Å². The topological polar surface area (TPSA) is 134 Å². The van der Waals surface area contributed by atoms with Crippen molar-refractivity contribution in [1.82, 2.24) is 14.5 Å². The number of carbonyl (C=O) groups excluding carboxylic acids is 1. The zero-order valence-electron chi connectivity index (χ0n) is 25.9. The lowest BCUT2D eigenvalue weighted by Gasteiger charge is -2.37. The molecule has 1 fully saturated rings. The van der Waals surface area contributed by atoms with Crippen LogP contribution in [0.1, 0.15) is 39.7 Å². The van der Waals surface area contributed by atoms with Gasteiger partial charge in [0.05, 0.1) is 26.9 Å². The molecule has 3 aromatic carbocycles. The van der Waals surface area contributed by atoms with Crippen molar-refractivity contribution < 1.29 is 28.8 Å². The van der Waals surface area contributed by atoms with Gasteiger partial charge in [0, 0.05) is 30.6 Å². The van der Waals surface area contributed by atoms with Gasteiger partial charge in [-0.15, -0.1) is 0 Å². The Morgan fingerprint density at radius 1 is 0.894 bits per heavy atom. The molecule has 2 N–H and O–H groups in total. The number of anilines is 1. The van der Waals surface area contributed by atoms with Crippen LogP contribution in [-0.2, 0) is 15.1 Å². The number of nitrogens with one attached hydrogen (secondary N) is 1. The van der Waals surface area contributed by atoms with Gasteiger partial charge < -0.3 is 29.4 Å². The molecule has 3 heterocycles. The number of aromatic nitrogens is 3. The van der Waals surface area contributed by atoms with Crippen molar-refractivity contribution in [1.29, 1.82) is 0 Å². The van der Waals surface area contributed by atoms with E-state index in [1.165, 1.54) is 29.2 Å².